The van der Waals surface area contributed by atoms with Gasteiger partial charge in [-0.05, 0) is 42.7 Å². The van der Waals surface area contributed by atoms with Gasteiger partial charge in [-0.1, -0.05) is 24.3 Å². The minimum atomic E-state index is -0.311. The van der Waals surface area contributed by atoms with Gasteiger partial charge in [0.2, 0.25) is 0 Å². The summed E-state index contributed by atoms with van der Waals surface area (Å²) in [6.45, 7) is 1.48. The van der Waals surface area contributed by atoms with Gasteiger partial charge in [0.25, 0.3) is 5.91 Å². The van der Waals surface area contributed by atoms with Crippen molar-refractivity contribution < 1.29 is 13.9 Å². The number of nitrogens with one attached hydrogen (secondary N) is 1. The summed E-state index contributed by atoms with van der Waals surface area (Å²) in [6, 6.07) is 13.6. The van der Waals surface area contributed by atoms with Gasteiger partial charge in [-0.3, -0.25) is 4.79 Å². The van der Waals surface area contributed by atoms with Crippen LogP contribution in [-0.2, 0) is 11.3 Å². The molecule has 8 heteroatoms. The quantitative estimate of drug-likeness (QED) is 0.518. The molecule has 1 amide bonds. The molecule has 7 nitrogen and oxygen atoms in total. The van der Waals surface area contributed by atoms with E-state index in [-0.39, 0.29) is 23.6 Å². The van der Waals surface area contributed by atoms with Gasteiger partial charge >= 0.3 is 0 Å². The molecule has 1 atom stereocenters. The molecule has 3 N–H and O–H groups in total. The maximum absolute atomic E-state index is 13.3. The zero-order valence-electron chi connectivity index (χ0n) is 16.8. The molecule has 1 unspecified atom stereocenters. The van der Waals surface area contributed by atoms with Crippen LogP contribution in [0.2, 0.25) is 0 Å². The van der Waals surface area contributed by atoms with Gasteiger partial charge in [0.15, 0.2) is 5.65 Å². The SMILES string of the molecule is Nc1c(C(=O)NCC2CCCO2)c2nc3ccccc3nc2n1Cc1ccc(F)cc1. The van der Waals surface area contributed by atoms with Crippen LogP contribution in [0.5, 0.6) is 0 Å². The van der Waals surface area contributed by atoms with Crippen LogP contribution in [0, 0.1) is 5.82 Å². The summed E-state index contributed by atoms with van der Waals surface area (Å²) in [4.78, 5) is 22.5. The van der Waals surface area contributed by atoms with Crippen molar-refractivity contribution >= 4 is 33.9 Å². The molecule has 0 bridgehead atoms. The number of carbonyl (C=O) groups excluding carboxylic acids is 1. The minimum absolute atomic E-state index is 0.0182. The summed E-state index contributed by atoms with van der Waals surface area (Å²) in [5, 5.41) is 2.93. The Bertz CT molecular complexity index is 1260. The summed E-state index contributed by atoms with van der Waals surface area (Å²) in [5.74, 6) is -0.339. The maximum Gasteiger partial charge on any atom is 0.257 e. The monoisotopic (exact) mass is 419 g/mol. The number of nitrogens with zero attached hydrogens (tertiary/aromatic N) is 3. The van der Waals surface area contributed by atoms with E-state index >= 15 is 0 Å². The third kappa shape index (κ3) is 3.70. The number of amides is 1. The fourth-order valence-corrected chi connectivity index (χ4v) is 3.97. The number of benzene rings is 2. The average molecular weight is 419 g/mol. The van der Waals surface area contributed by atoms with Crippen LogP contribution >= 0.6 is 0 Å². The van der Waals surface area contributed by atoms with Crippen molar-refractivity contribution in [3.63, 3.8) is 0 Å². The molecule has 1 aliphatic heterocycles. The number of rotatable bonds is 5. The number of nitrogens with two attached hydrogens (primary N) is 1. The van der Waals surface area contributed by atoms with E-state index in [0.29, 0.717) is 40.9 Å². The van der Waals surface area contributed by atoms with Crippen molar-refractivity contribution in [3.05, 3.63) is 65.5 Å². The molecule has 3 heterocycles. The van der Waals surface area contributed by atoms with Crippen LogP contribution in [-0.4, -0.2) is 39.7 Å². The number of fused-ring (bicyclic) bond motifs is 2. The third-order valence-electron chi connectivity index (χ3n) is 5.59. The minimum Gasteiger partial charge on any atom is -0.384 e. The highest BCUT2D eigenvalue weighted by Crippen LogP contribution is 2.29. The number of hydrogen-bond acceptors (Lipinski definition) is 5. The molecule has 1 saturated heterocycles. The van der Waals surface area contributed by atoms with Gasteiger partial charge in [0, 0.05) is 13.2 Å². The summed E-state index contributed by atoms with van der Waals surface area (Å²) in [7, 11) is 0. The normalized spacial score (nSPS) is 16.2. The number of halogens is 1. The van der Waals surface area contributed by atoms with E-state index in [4.69, 9.17) is 20.4 Å². The molecule has 0 radical (unpaired) electrons. The number of anilines is 1. The molecule has 1 fully saturated rings. The molecular formula is C23H22FN5O2. The molecule has 0 saturated carbocycles. The van der Waals surface area contributed by atoms with Crippen molar-refractivity contribution in [1.82, 2.24) is 19.9 Å². The van der Waals surface area contributed by atoms with Crippen molar-refractivity contribution in [1.29, 1.82) is 0 Å². The first-order valence-electron chi connectivity index (χ1n) is 10.3. The van der Waals surface area contributed by atoms with Crippen LogP contribution in [0.3, 0.4) is 0 Å². The Labute approximate surface area is 178 Å². The zero-order valence-corrected chi connectivity index (χ0v) is 16.8. The Morgan fingerprint density at radius 1 is 1.16 bits per heavy atom. The maximum atomic E-state index is 13.3. The largest absolute Gasteiger partial charge is 0.384 e. The number of hydrogen-bond donors (Lipinski definition) is 2. The lowest BCUT2D eigenvalue weighted by molar-refractivity contribution is 0.0859. The second-order valence-electron chi connectivity index (χ2n) is 7.70. The van der Waals surface area contributed by atoms with Crippen LogP contribution in [0.25, 0.3) is 22.2 Å². The average Bonchev–Trinajstić information content (AvgIpc) is 3.39. The number of para-hydroxylation sites is 2. The third-order valence-corrected chi connectivity index (χ3v) is 5.59. The van der Waals surface area contributed by atoms with Gasteiger partial charge in [0.1, 0.15) is 22.7 Å². The molecular weight excluding hydrogens is 397 g/mol. The van der Waals surface area contributed by atoms with Crippen molar-refractivity contribution in [2.45, 2.75) is 25.5 Å². The molecule has 4 aromatic rings. The second-order valence-corrected chi connectivity index (χ2v) is 7.70. The van der Waals surface area contributed by atoms with E-state index in [9.17, 15) is 9.18 Å². The van der Waals surface area contributed by atoms with E-state index < -0.39 is 0 Å². The molecule has 31 heavy (non-hydrogen) atoms. The Morgan fingerprint density at radius 2 is 1.90 bits per heavy atom. The highest BCUT2D eigenvalue weighted by Gasteiger charge is 2.25. The number of carbonyl (C=O) groups is 1. The molecule has 2 aromatic heterocycles. The van der Waals surface area contributed by atoms with Crippen molar-refractivity contribution in [2.24, 2.45) is 0 Å². The lowest BCUT2D eigenvalue weighted by Crippen LogP contribution is -2.32. The lowest BCUT2D eigenvalue weighted by atomic mass is 10.2. The molecule has 5 rings (SSSR count). The highest BCUT2D eigenvalue weighted by molar-refractivity contribution is 6.10. The molecule has 1 aliphatic rings. The predicted molar refractivity (Wildman–Crippen MR) is 116 cm³/mol. The van der Waals surface area contributed by atoms with E-state index in [1.807, 2.05) is 24.3 Å². The van der Waals surface area contributed by atoms with Crippen molar-refractivity contribution in [3.8, 4) is 0 Å². The van der Waals surface area contributed by atoms with Crippen LogP contribution in [0.1, 0.15) is 28.8 Å². The Balaban J connectivity index is 1.59. The van der Waals surface area contributed by atoms with E-state index in [1.165, 1.54) is 12.1 Å². The summed E-state index contributed by atoms with van der Waals surface area (Å²) < 4.78 is 20.7. The van der Waals surface area contributed by atoms with Gasteiger partial charge in [0.05, 0.1) is 23.7 Å². The fourth-order valence-electron chi connectivity index (χ4n) is 3.97. The first-order chi connectivity index (χ1) is 15.1. The molecule has 0 aliphatic carbocycles. The molecule has 158 valence electrons. The topological polar surface area (TPSA) is 95.1 Å². The van der Waals surface area contributed by atoms with Gasteiger partial charge in [-0.2, -0.15) is 0 Å². The van der Waals surface area contributed by atoms with Crippen molar-refractivity contribution in [2.75, 3.05) is 18.9 Å². The fraction of sp³-hybridized carbons (Fsp3) is 0.261. The summed E-state index contributed by atoms with van der Waals surface area (Å²) in [5.41, 5.74) is 9.95. The van der Waals surface area contributed by atoms with E-state index in [2.05, 4.69) is 5.32 Å². The molecule has 2 aromatic carbocycles. The van der Waals surface area contributed by atoms with Crippen LogP contribution in [0.15, 0.2) is 48.5 Å². The summed E-state index contributed by atoms with van der Waals surface area (Å²) in [6.07, 6.45) is 1.94. The van der Waals surface area contributed by atoms with Crippen LogP contribution < -0.4 is 11.1 Å². The highest BCUT2D eigenvalue weighted by atomic mass is 19.1. The van der Waals surface area contributed by atoms with Gasteiger partial charge < -0.3 is 20.4 Å². The van der Waals surface area contributed by atoms with Gasteiger partial charge in [-0.25, -0.2) is 14.4 Å². The van der Waals surface area contributed by atoms with Gasteiger partial charge in [-0.15, -0.1) is 0 Å². The smallest absolute Gasteiger partial charge is 0.257 e. The Hall–Kier alpha value is -3.52. The first-order valence-corrected chi connectivity index (χ1v) is 10.3. The number of nitrogen functional groups attached to an aromatic ring is 1. The first kappa shape index (κ1) is 19.4. The summed E-state index contributed by atoms with van der Waals surface area (Å²) >= 11 is 0. The van der Waals surface area contributed by atoms with E-state index in [0.717, 1.165) is 25.0 Å². The number of aromatic nitrogens is 3. The van der Waals surface area contributed by atoms with Crippen LogP contribution in [0.4, 0.5) is 10.2 Å². The second kappa shape index (κ2) is 7.96. The van der Waals surface area contributed by atoms with E-state index in [1.54, 1.807) is 16.7 Å². The number of ether oxygens (including phenoxy) is 1. The Kier molecular flexibility index (Phi) is 4.99. The standard InChI is InChI=1S/C23H22FN5O2/c24-15-9-7-14(8-10-15)13-29-21(25)19(23(30)26-12-16-4-3-11-31-16)20-22(29)28-18-6-2-1-5-17(18)27-20/h1-2,5-10,16H,3-4,11-13,25H2,(H,26,30). The Morgan fingerprint density at radius 3 is 2.61 bits per heavy atom. The lowest BCUT2D eigenvalue weighted by Gasteiger charge is -2.11. The zero-order chi connectivity index (χ0) is 21.4. The molecule has 0 spiro atoms. The predicted octanol–water partition coefficient (Wildman–Crippen LogP) is 3.26.